The van der Waals surface area contributed by atoms with Gasteiger partial charge in [0.1, 0.15) is 12.7 Å². The Morgan fingerprint density at radius 1 is 1.18 bits per heavy atom. The quantitative estimate of drug-likeness (QED) is 0.622. The first-order chi connectivity index (χ1) is 13.5. The average Bonchev–Trinajstić information content (AvgIpc) is 3.23. The highest BCUT2D eigenvalue weighted by atomic mass is 19.3. The van der Waals surface area contributed by atoms with Crippen LogP contribution in [-0.4, -0.2) is 46.3 Å². The van der Waals surface area contributed by atoms with Crippen molar-refractivity contribution in [1.82, 2.24) is 19.7 Å². The van der Waals surface area contributed by atoms with Crippen molar-refractivity contribution in [2.75, 3.05) is 14.2 Å². The average molecular weight is 388 g/mol. The van der Waals surface area contributed by atoms with Crippen molar-refractivity contribution in [1.29, 1.82) is 0 Å². The van der Waals surface area contributed by atoms with Crippen molar-refractivity contribution in [2.45, 2.75) is 13.2 Å². The Hall–Kier alpha value is -3.49. The maximum absolute atomic E-state index is 12.6. The number of halogens is 2. The first-order valence-corrected chi connectivity index (χ1v) is 8.30. The molecule has 0 N–H and O–H groups in total. The second-order valence-electron chi connectivity index (χ2n) is 5.91. The minimum atomic E-state index is -2.94. The number of amides is 1. The van der Waals surface area contributed by atoms with Gasteiger partial charge in [-0.1, -0.05) is 6.07 Å². The molecule has 0 unspecified atom stereocenters. The Morgan fingerprint density at radius 2 is 1.93 bits per heavy atom. The first kappa shape index (κ1) is 19.3. The minimum Gasteiger partial charge on any atom is -0.493 e. The molecular weight excluding hydrogens is 370 g/mol. The van der Waals surface area contributed by atoms with E-state index in [0.717, 1.165) is 5.69 Å². The molecule has 0 atom stereocenters. The highest BCUT2D eigenvalue weighted by Crippen LogP contribution is 2.30. The number of nitrogens with zero attached hydrogens (tertiary/aromatic N) is 4. The second kappa shape index (κ2) is 8.47. The third-order valence-corrected chi connectivity index (χ3v) is 4.01. The molecule has 0 bridgehead atoms. The van der Waals surface area contributed by atoms with Crippen LogP contribution in [0.1, 0.15) is 15.9 Å². The van der Waals surface area contributed by atoms with Crippen LogP contribution in [0.15, 0.2) is 55.1 Å². The molecule has 9 heteroatoms. The molecule has 0 aliphatic heterocycles. The van der Waals surface area contributed by atoms with E-state index in [2.05, 4.69) is 14.8 Å². The number of hydrogen-bond donors (Lipinski definition) is 0. The zero-order valence-electron chi connectivity index (χ0n) is 15.3. The van der Waals surface area contributed by atoms with E-state index in [9.17, 15) is 13.6 Å². The molecule has 3 rings (SSSR count). The first-order valence-electron chi connectivity index (χ1n) is 8.30. The van der Waals surface area contributed by atoms with Crippen LogP contribution in [0.5, 0.6) is 11.5 Å². The summed E-state index contributed by atoms with van der Waals surface area (Å²) in [6.07, 6.45) is 3.00. The van der Waals surface area contributed by atoms with E-state index < -0.39 is 6.61 Å². The smallest absolute Gasteiger partial charge is 0.387 e. The van der Waals surface area contributed by atoms with Crippen LogP contribution in [0.3, 0.4) is 0 Å². The third-order valence-electron chi connectivity index (χ3n) is 4.01. The summed E-state index contributed by atoms with van der Waals surface area (Å²) in [5.74, 6) is -0.0632. The van der Waals surface area contributed by atoms with Gasteiger partial charge in [0.15, 0.2) is 11.5 Å². The molecular formula is C19H18F2N4O3. The summed E-state index contributed by atoms with van der Waals surface area (Å²) in [4.78, 5) is 18.1. The number of hydrogen-bond acceptors (Lipinski definition) is 5. The van der Waals surface area contributed by atoms with Crippen molar-refractivity contribution >= 4 is 5.91 Å². The van der Waals surface area contributed by atoms with Crippen LogP contribution in [0.2, 0.25) is 0 Å². The maximum Gasteiger partial charge on any atom is 0.387 e. The number of carbonyl (C=O) groups is 1. The lowest BCUT2D eigenvalue weighted by molar-refractivity contribution is -0.0512. The molecule has 0 radical (unpaired) electrons. The number of aromatic nitrogens is 3. The van der Waals surface area contributed by atoms with Gasteiger partial charge in [-0.3, -0.25) is 4.79 Å². The minimum absolute atomic E-state index is 0.0565. The molecule has 3 aromatic rings. The zero-order valence-corrected chi connectivity index (χ0v) is 15.3. The van der Waals surface area contributed by atoms with E-state index in [1.807, 2.05) is 0 Å². The fourth-order valence-corrected chi connectivity index (χ4v) is 2.67. The summed E-state index contributed by atoms with van der Waals surface area (Å²) < 4.78 is 35.9. The lowest BCUT2D eigenvalue weighted by Gasteiger charge is -2.19. The summed E-state index contributed by atoms with van der Waals surface area (Å²) >= 11 is 0. The van der Waals surface area contributed by atoms with Gasteiger partial charge in [0.2, 0.25) is 0 Å². The topological polar surface area (TPSA) is 69.5 Å². The summed E-state index contributed by atoms with van der Waals surface area (Å²) in [6.45, 7) is -2.67. The van der Waals surface area contributed by atoms with Crippen molar-refractivity contribution in [3.63, 3.8) is 0 Å². The highest BCUT2D eigenvalue weighted by Gasteiger charge is 2.15. The van der Waals surface area contributed by atoms with E-state index in [4.69, 9.17) is 4.74 Å². The van der Waals surface area contributed by atoms with E-state index in [1.54, 1.807) is 54.5 Å². The predicted molar refractivity (Wildman–Crippen MR) is 96.8 cm³/mol. The molecule has 0 fully saturated rings. The predicted octanol–water partition coefficient (Wildman–Crippen LogP) is 3.15. The summed E-state index contributed by atoms with van der Waals surface area (Å²) in [5, 5.41) is 4.03. The number of methoxy groups -OCH3 is 1. The molecule has 1 heterocycles. The van der Waals surface area contributed by atoms with E-state index >= 15 is 0 Å². The van der Waals surface area contributed by atoms with Crippen LogP contribution in [0.25, 0.3) is 5.69 Å². The third kappa shape index (κ3) is 4.43. The van der Waals surface area contributed by atoms with Crippen molar-refractivity contribution < 1.29 is 23.0 Å². The van der Waals surface area contributed by atoms with Crippen molar-refractivity contribution in [3.8, 4) is 17.2 Å². The Bertz CT molecular complexity index is 931. The van der Waals surface area contributed by atoms with Crippen LogP contribution in [0, 0.1) is 0 Å². The lowest BCUT2D eigenvalue weighted by Crippen LogP contribution is -2.26. The van der Waals surface area contributed by atoms with Gasteiger partial charge in [0.25, 0.3) is 5.91 Å². The Labute approximate surface area is 160 Å². The van der Waals surface area contributed by atoms with Crippen LogP contribution < -0.4 is 9.47 Å². The number of rotatable bonds is 7. The molecule has 146 valence electrons. The Morgan fingerprint density at radius 3 is 2.54 bits per heavy atom. The Balaban J connectivity index is 1.70. The molecule has 0 saturated carbocycles. The van der Waals surface area contributed by atoms with Gasteiger partial charge in [-0.15, -0.1) is 0 Å². The molecule has 1 aromatic heterocycles. The van der Waals surface area contributed by atoms with Crippen LogP contribution >= 0.6 is 0 Å². The van der Waals surface area contributed by atoms with E-state index in [-0.39, 0.29) is 24.0 Å². The number of carbonyl (C=O) groups excluding carboxylic acids is 1. The van der Waals surface area contributed by atoms with Gasteiger partial charge >= 0.3 is 6.61 Å². The fraction of sp³-hybridized carbons (Fsp3) is 0.211. The summed E-state index contributed by atoms with van der Waals surface area (Å²) in [7, 11) is 3.02. The van der Waals surface area contributed by atoms with Gasteiger partial charge in [0, 0.05) is 19.2 Å². The van der Waals surface area contributed by atoms with Gasteiger partial charge in [-0.25, -0.2) is 9.67 Å². The SMILES string of the molecule is COc1cc(CN(C)C(=O)c2ccc(-n3cncn3)cc2)ccc1OC(F)F. The van der Waals surface area contributed by atoms with E-state index in [0.29, 0.717) is 11.1 Å². The number of ether oxygens (including phenoxy) is 2. The number of benzene rings is 2. The van der Waals surface area contributed by atoms with Crippen LogP contribution in [0.4, 0.5) is 8.78 Å². The van der Waals surface area contributed by atoms with Gasteiger partial charge < -0.3 is 14.4 Å². The lowest BCUT2D eigenvalue weighted by atomic mass is 10.1. The zero-order chi connectivity index (χ0) is 20.1. The molecule has 1 amide bonds. The van der Waals surface area contributed by atoms with Gasteiger partial charge in [0.05, 0.1) is 12.8 Å². The Kier molecular flexibility index (Phi) is 5.83. The largest absolute Gasteiger partial charge is 0.493 e. The number of alkyl halides is 2. The molecule has 0 saturated heterocycles. The van der Waals surface area contributed by atoms with Crippen molar-refractivity contribution in [3.05, 3.63) is 66.2 Å². The summed E-state index contributed by atoms with van der Waals surface area (Å²) in [5.41, 5.74) is 2.01. The highest BCUT2D eigenvalue weighted by molar-refractivity contribution is 5.94. The molecule has 0 aliphatic rings. The molecule has 0 spiro atoms. The van der Waals surface area contributed by atoms with Gasteiger partial charge in [-0.05, 0) is 42.0 Å². The fourth-order valence-electron chi connectivity index (χ4n) is 2.67. The molecule has 28 heavy (non-hydrogen) atoms. The molecule has 7 nitrogen and oxygen atoms in total. The molecule has 0 aliphatic carbocycles. The van der Waals surface area contributed by atoms with Gasteiger partial charge in [-0.2, -0.15) is 13.9 Å². The monoisotopic (exact) mass is 388 g/mol. The summed E-state index contributed by atoms with van der Waals surface area (Å²) in [6, 6.07) is 11.5. The van der Waals surface area contributed by atoms with Crippen LogP contribution in [-0.2, 0) is 6.54 Å². The van der Waals surface area contributed by atoms with E-state index in [1.165, 1.54) is 24.4 Å². The molecule has 2 aromatic carbocycles. The normalized spacial score (nSPS) is 10.8. The van der Waals surface area contributed by atoms with Crippen molar-refractivity contribution in [2.24, 2.45) is 0 Å². The second-order valence-corrected chi connectivity index (χ2v) is 5.91. The standard InChI is InChI=1S/C19H18F2N4O3/c1-24(10-13-3-8-16(28-19(20)21)17(9-13)27-2)18(26)14-4-6-15(7-5-14)25-12-22-11-23-25/h3-9,11-12,19H,10H2,1-2H3. The maximum atomic E-state index is 12.6.